The molecule has 0 amide bonds. The number of rotatable bonds is 6. The highest BCUT2D eigenvalue weighted by molar-refractivity contribution is 5.73. The molecule has 0 aromatic carbocycles. The first-order valence-corrected chi connectivity index (χ1v) is 14.9. The van der Waals surface area contributed by atoms with Crippen molar-refractivity contribution in [2.24, 2.45) is 57.7 Å². The van der Waals surface area contributed by atoms with Crippen molar-refractivity contribution >= 4 is 5.97 Å². The van der Waals surface area contributed by atoms with E-state index < -0.39 is 0 Å². The van der Waals surface area contributed by atoms with Crippen molar-refractivity contribution in [3.8, 4) is 0 Å². The van der Waals surface area contributed by atoms with Crippen LogP contribution >= 0.6 is 0 Å². The van der Waals surface area contributed by atoms with E-state index in [4.69, 9.17) is 9.47 Å². The predicted octanol–water partition coefficient (Wildman–Crippen LogP) is 8.01. The van der Waals surface area contributed by atoms with Crippen molar-refractivity contribution in [2.45, 2.75) is 124 Å². The molecule has 1 saturated heterocycles. The van der Waals surface area contributed by atoms with Crippen LogP contribution in [-0.2, 0) is 14.3 Å². The summed E-state index contributed by atoms with van der Waals surface area (Å²) in [5, 5.41) is 0. The normalized spacial score (nSPS) is 49.0. The average Bonchev–Trinajstić information content (AvgIpc) is 3.30. The second-order valence-corrected chi connectivity index (χ2v) is 14.5. The molecule has 3 nitrogen and oxygen atoms in total. The van der Waals surface area contributed by atoms with Crippen LogP contribution in [0.25, 0.3) is 0 Å². The van der Waals surface area contributed by atoms with Crippen LogP contribution in [0.3, 0.4) is 0 Å². The minimum Gasteiger partial charge on any atom is -0.435 e. The molecule has 34 heavy (non-hydrogen) atoms. The Morgan fingerprint density at radius 1 is 0.941 bits per heavy atom. The van der Waals surface area contributed by atoms with E-state index in [2.05, 4.69) is 34.6 Å². The minimum atomic E-state index is -0.315. The number of esters is 1. The minimum absolute atomic E-state index is 0.0444. The fraction of sp³-hybridized carbons (Fsp3) is 0.968. The predicted molar refractivity (Wildman–Crippen MR) is 137 cm³/mol. The van der Waals surface area contributed by atoms with Crippen LogP contribution in [0.4, 0.5) is 0 Å². The Kier molecular flexibility index (Phi) is 6.69. The van der Waals surface area contributed by atoms with E-state index >= 15 is 0 Å². The number of carbonyl (C=O) groups is 1. The van der Waals surface area contributed by atoms with Crippen LogP contribution in [0.2, 0.25) is 0 Å². The third-order valence-corrected chi connectivity index (χ3v) is 12.5. The summed E-state index contributed by atoms with van der Waals surface area (Å²) in [7, 11) is 1.72. The first kappa shape index (κ1) is 25.1. The van der Waals surface area contributed by atoms with Gasteiger partial charge in [0.25, 0.3) is 0 Å². The topological polar surface area (TPSA) is 35.5 Å². The fourth-order valence-electron chi connectivity index (χ4n) is 10.7. The Morgan fingerprint density at radius 2 is 1.71 bits per heavy atom. The summed E-state index contributed by atoms with van der Waals surface area (Å²) in [4.78, 5) is 12.2. The fourth-order valence-corrected chi connectivity index (χ4v) is 10.7. The zero-order valence-electron chi connectivity index (χ0n) is 23.0. The number of ether oxygens (including phenoxy) is 2. The number of cyclic esters (lactones) is 1. The van der Waals surface area contributed by atoms with Gasteiger partial charge in [0.2, 0.25) is 6.29 Å². The summed E-state index contributed by atoms with van der Waals surface area (Å²) < 4.78 is 11.3. The van der Waals surface area contributed by atoms with Crippen LogP contribution in [0, 0.1) is 57.7 Å². The van der Waals surface area contributed by atoms with Crippen molar-refractivity contribution in [3.05, 3.63) is 0 Å². The second-order valence-electron chi connectivity index (χ2n) is 14.5. The molecule has 5 fully saturated rings. The zero-order chi connectivity index (χ0) is 24.3. The molecule has 0 aromatic heterocycles. The summed E-state index contributed by atoms with van der Waals surface area (Å²) in [5.74, 6) is 6.11. The van der Waals surface area contributed by atoms with E-state index in [1.807, 2.05) is 0 Å². The highest BCUT2D eigenvalue weighted by atomic mass is 16.7. The van der Waals surface area contributed by atoms with E-state index in [-0.39, 0.29) is 17.7 Å². The highest BCUT2D eigenvalue weighted by Gasteiger charge is 2.63. The Balaban J connectivity index is 1.29. The molecule has 5 aliphatic rings. The molecule has 4 saturated carbocycles. The summed E-state index contributed by atoms with van der Waals surface area (Å²) in [5.41, 5.74) is 0.959. The largest absolute Gasteiger partial charge is 0.435 e. The van der Waals surface area contributed by atoms with Gasteiger partial charge in [-0.2, -0.15) is 0 Å². The molecule has 0 N–H and O–H groups in total. The van der Waals surface area contributed by atoms with E-state index in [9.17, 15) is 4.79 Å². The maximum Gasteiger partial charge on any atom is 0.308 e. The van der Waals surface area contributed by atoms with Gasteiger partial charge >= 0.3 is 5.97 Å². The van der Waals surface area contributed by atoms with Crippen molar-refractivity contribution < 1.29 is 14.3 Å². The maximum atomic E-state index is 12.2. The molecule has 0 aromatic rings. The molecular formula is C31H52O3. The lowest BCUT2D eigenvalue weighted by Crippen LogP contribution is -2.55. The highest BCUT2D eigenvalue weighted by Crippen LogP contribution is 2.70. The molecular weight excluding hydrogens is 420 g/mol. The van der Waals surface area contributed by atoms with Gasteiger partial charge in [-0.1, -0.05) is 53.9 Å². The Hall–Kier alpha value is -0.570. The van der Waals surface area contributed by atoms with E-state index in [0.29, 0.717) is 17.3 Å². The Bertz CT molecular complexity index is 762. The molecule has 194 valence electrons. The van der Waals surface area contributed by atoms with Crippen molar-refractivity contribution in [3.63, 3.8) is 0 Å². The summed E-state index contributed by atoms with van der Waals surface area (Å²) in [6.07, 6.45) is 16.6. The third-order valence-electron chi connectivity index (χ3n) is 12.5. The number of methoxy groups -OCH3 is 1. The molecule has 1 aliphatic heterocycles. The van der Waals surface area contributed by atoms with E-state index in [0.717, 1.165) is 54.3 Å². The van der Waals surface area contributed by atoms with Gasteiger partial charge in [0.1, 0.15) is 0 Å². The second kappa shape index (κ2) is 9.07. The van der Waals surface area contributed by atoms with Gasteiger partial charge in [-0.25, -0.2) is 0 Å². The molecule has 10 atom stereocenters. The van der Waals surface area contributed by atoms with Gasteiger partial charge in [0, 0.05) is 12.5 Å². The van der Waals surface area contributed by atoms with E-state index in [1.165, 1.54) is 64.2 Å². The van der Waals surface area contributed by atoms with Crippen molar-refractivity contribution in [1.82, 2.24) is 0 Å². The van der Waals surface area contributed by atoms with Gasteiger partial charge in [0.15, 0.2) is 0 Å². The number of carbonyl (C=O) groups excluding carboxylic acids is 1. The van der Waals surface area contributed by atoms with E-state index in [1.54, 1.807) is 7.11 Å². The number of fused-ring (bicyclic) bond motifs is 5. The van der Waals surface area contributed by atoms with Crippen LogP contribution in [0.5, 0.6) is 0 Å². The molecule has 0 bridgehead atoms. The summed E-state index contributed by atoms with van der Waals surface area (Å²) in [6.45, 7) is 12.7. The molecule has 0 radical (unpaired) electrons. The monoisotopic (exact) mass is 472 g/mol. The Morgan fingerprint density at radius 3 is 2.44 bits per heavy atom. The molecule has 3 heteroatoms. The lowest BCUT2D eigenvalue weighted by molar-refractivity contribution is -0.192. The van der Waals surface area contributed by atoms with Gasteiger partial charge in [0.05, 0.1) is 6.42 Å². The molecule has 1 unspecified atom stereocenters. The summed E-state index contributed by atoms with van der Waals surface area (Å²) >= 11 is 0. The molecule has 1 spiro atoms. The number of hydrogen-bond donors (Lipinski definition) is 0. The lowest BCUT2D eigenvalue weighted by Gasteiger charge is -2.62. The van der Waals surface area contributed by atoms with Gasteiger partial charge < -0.3 is 9.47 Å². The van der Waals surface area contributed by atoms with Crippen molar-refractivity contribution in [2.75, 3.05) is 7.11 Å². The zero-order valence-corrected chi connectivity index (χ0v) is 23.0. The van der Waals surface area contributed by atoms with Crippen LogP contribution in [0.15, 0.2) is 0 Å². The SMILES string of the molecule is COC1OC(=O)C[C@@]12CC[C@@]1(C)[C@@H](CC[C@@H]3[C@@H]1CC[C@]1(C)[C@@H]([C@H](C)CCCC(C)C)CC[C@@H]31)C2. The molecule has 5 rings (SSSR count). The van der Waals surface area contributed by atoms with Crippen LogP contribution in [-0.4, -0.2) is 19.4 Å². The smallest absolute Gasteiger partial charge is 0.308 e. The average molecular weight is 473 g/mol. The lowest BCUT2D eigenvalue weighted by atomic mass is 9.42. The standard InChI is InChI=1S/C31H52O3/c1-20(2)8-7-9-21(3)24-12-13-25-23-11-10-22-18-31(19-27(32)34-28(31)33-6)17-16-29(22,4)26(23)14-15-30(24,25)5/h20-26,28H,7-19H2,1-6H3/t21-,22+,23+,24-,25+,26+,28?,29+,30-,31+/m1/s1. The quantitative estimate of drug-likeness (QED) is 0.367. The first-order valence-electron chi connectivity index (χ1n) is 14.9. The van der Waals surface area contributed by atoms with Crippen LogP contribution in [0.1, 0.15) is 118 Å². The molecule has 1 heterocycles. The van der Waals surface area contributed by atoms with Gasteiger partial charge in [-0.3, -0.25) is 4.79 Å². The summed E-state index contributed by atoms with van der Waals surface area (Å²) in [6, 6.07) is 0. The maximum absolute atomic E-state index is 12.2. The Labute approximate surface area is 209 Å². The van der Waals surface area contributed by atoms with Gasteiger partial charge in [-0.15, -0.1) is 0 Å². The number of hydrogen-bond acceptors (Lipinski definition) is 3. The first-order chi connectivity index (χ1) is 16.1. The van der Waals surface area contributed by atoms with Crippen LogP contribution < -0.4 is 0 Å². The molecule has 4 aliphatic carbocycles. The van der Waals surface area contributed by atoms with Gasteiger partial charge in [-0.05, 0) is 110 Å². The third kappa shape index (κ3) is 3.90. The van der Waals surface area contributed by atoms with Crippen molar-refractivity contribution in [1.29, 1.82) is 0 Å².